The highest BCUT2D eigenvalue weighted by molar-refractivity contribution is 8.14. The lowest BCUT2D eigenvalue weighted by atomic mass is 9.97. The summed E-state index contributed by atoms with van der Waals surface area (Å²) in [5.74, 6) is 0.392. The zero-order valence-electron chi connectivity index (χ0n) is 18.5. The molecule has 1 saturated heterocycles. The molecule has 4 N–H and O–H groups in total. The zero-order valence-corrected chi connectivity index (χ0v) is 20.1. The molecule has 168 valence electrons. The van der Waals surface area contributed by atoms with Gasteiger partial charge in [-0.1, -0.05) is 29.4 Å². The lowest BCUT2D eigenvalue weighted by Gasteiger charge is -2.36. The van der Waals surface area contributed by atoms with Crippen molar-refractivity contribution in [1.82, 2.24) is 10.9 Å². The van der Waals surface area contributed by atoms with Gasteiger partial charge in [-0.25, -0.2) is 10.4 Å². The lowest BCUT2D eigenvalue weighted by Crippen LogP contribution is -2.50. The normalized spacial score (nSPS) is 22.5. The first-order valence-corrected chi connectivity index (χ1v) is 11.8. The average molecular weight is 471 g/mol. The highest BCUT2D eigenvalue weighted by atomic mass is 35.5. The van der Waals surface area contributed by atoms with Crippen molar-refractivity contribution in [2.45, 2.75) is 39.9 Å². The van der Waals surface area contributed by atoms with E-state index >= 15 is 0 Å². The number of hydrogen-bond acceptors (Lipinski definition) is 6. The number of anilines is 2. The Morgan fingerprint density at radius 3 is 2.66 bits per heavy atom. The Labute approximate surface area is 197 Å². The molecule has 9 heteroatoms. The number of halogens is 1. The van der Waals surface area contributed by atoms with Crippen molar-refractivity contribution in [3.63, 3.8) is 0 Å². The summed E-state index contributed by atoms with van der Waals surface area (Å²) in [6, 6.07) is 11.6. The van der Waals surface area contributed by atoms with Crippen LogP contribution in [-0.2, 0) is 4.79 Å². The SMILES string of the molecule is Cc1ccc(NC(=O)CSC2=NC3NNC(C)C3C(=N)N2c2ccc(Cl)c(C)c2)cc1C. The fourth-order valence-corrected chi connectivity index (χ4v) is 4.83. The molecule has 0 aromatic heterocycles. The topological polar surface area (TPSA) is 92.6 Å². The van der Waals surface area contributed by atoms with Gasteiger partial charge in [0, 0.05) is 22.4 Å². The molecule has 3 unspecified atom stereocenters. The van der Waals surface area contributed by atoms with Gasteiger partial charge >= 0.3 is 0 Å². The van der Waals surface area contributed by atoms with E-state index in [2.05, 4.69) is 16.2 Å². The van der Waals surface area contributed by atoms with Crippen LogP contribution in [0.5, 0.6) is 0 Å². The maximum atomic E-state index is 12.7. The Balaban J connectivity index is 1.55. The van der Waals surface area contributed by atoms with Crippen LogP contribution in [-0.4, -0.2) is 34.9 Å². The summed E-state index contributed by atoms with van der Waals surface area (Å²) in [6.45, 7) is 8.03. The largest absolute Gasteiger partial charge is 0.325 e. The number of thioether (sulfide) groups is 1. The fourth-order valence-electron chi connectivity index (χ4n) is 3.86. The molecule has 0 saturated carbocycles. The van der Waals surface area contributed by atoms with E-state index in [4.69, 9.17) is 22.0 Å². The lowest BCUT2D eigenvalue weighted by molar-refractivity contribution is -0.113. The predicted molar refractivity (Wildman–Crippen MR) is 134 cm³/mol. The molecule has 32 heavy (non-hydrogen) atoms. The van der Waals surface area contributed by atoms with Gasteiger partial charge in [-0.05, 0) is 74.7 Å². The van der Waals surface area contributed by atoms with Crippen molar-refractivity contribution in [3.8, 4) is 0 Å². The van der Waals surface area contributed by atoms with E-state index in [1.165, 1.54) is 17.3 Å². The highest BCUT2D eigenvalue weighted by Crippen LogP contribution is 2.33. The first kappa shape index (κ1) is 22.8. The van der Waals surface area contributed by atoms with Gasteiger partial charge in [-0.3, -0.25) is 20.5 Å². The van der Waals surface area contributed by atoms with Crippen LogP contribution in [0.4, 0.5) is 11.4 Å². The summed E-state index contributed by atoms with van der Waals surface area (Å²) < 4.78 is 0. The van der Waals surface area contributed by atoms with Gasteiger partial charge in [0.25, 0.3) is 0 Å². The van der Waals surface area contributed by atoms with Crippen LogP contribution in [0, 0.1) is 32.1 Å². The molecule has 1 fully saturated rings. The van der Waals surface area contributed by atoms with Gasteiger partial charge in [0.15, 0.2) is 5.17 Å². The molecule has 0 radical (unpaired) electrons. The number of benzene rings is 2. The maximum Gasteiger partial charge on any atom is 0.234 e. The number of nitrogens with one attached hydrogen (secondary N) is 4. The zero-order chi connectivity index (χ0) is 23.0. The first-order valence-electron chi connectivity index (χ1n) is 10.5. The second-order valence-electron chi connectivity index (χ2n) is 8.25. The molecule has 2 aromatic carbocycles. The molecule has 2 aromatic rings. The van der Waals surface area contributed by atoms with Gasteiger partial charge in [-0.15, -0.1) is 0 Å². The van der Waals surface area contributed by atoms with E-state index in [1.54, 1.807) is 0 Å². The quantitative estimate of drug-likeness (QED) is 0.536. The maximum absolute atomic E-state index is 12.7. The van der Waals surface area contributed by atoms with Gasteiger partial charge in [0.05, 0.1) is 11.7 Å². The number of amidine groups is 2. The molecule has 2 aliphatic rings. The molecular formula is C23H27ClN6OS. The third-order valence-electron chi connectivity index (χ3n) is 5.86. The van der Waals surface area contributed by atoms with E-state index < -0.39 is 0 Å². The van der Waals surface area contributed by atoms with Crippen molar-refractivity contribution in [1.29, 1.82) is 5.41 Å². The molecule has 4 rings (SSSR count). The van der Waals surface area contributed by atoms with Crippen molar-refractivity contribution in [3.05, 3.63) is 58.1 Å². The Bertz CT molecular complexity index is 1100. The number of fused-ring (bicyclic) bond motifs is 1. The summed E-state index contributed by atoms with van der Waals surface area (Å²) in [5, 5.41) is 13.2. The first-order chi connectivity index (χ1) is 15.2. The fraction of sp³-hybridized carbons (Fsp3) is 0.348. The van der Waals surface area contributed by atoms with Gasteiger partial charge in [0.1, 0.15) is 12.0 Å². The smallest absolute Gasteiger partial charge is 0.234 e. The average Bonchev–Trinajstić information content (AvgIpc) is 3.12. The van der Waals surface area contributed by atoms with Crippen molar-refractivity contribution < 1.29 is 4.79 Å². The third kappa shape index (κ3) is 4.54. The van der Waals surface area contributed by atoms with Gasteiger partial charge in [-0.2, -0.15) is 0 Å². The second kappa shape index (κ2) is 9.23. The number of carbonyl (C=O) groups is 1. The summed E-state index contributed by atoms with van der Waals surface area (Å²) in [5.41, 5.74) is 11.2. The van der Waals surface area contributed by atoms with Crippen LogP contribution in [0.15, 0.2) is 41.4 Å². The number of aryl methyl sites for hydroxylation is 3. The Kier molecular flexibility index (Phi) is 6.57. The highest BCUT2D eigenvalue weighted by Gasteiger charge is 2.43. The number of amides is 1. The number of hydrogen-bond donors (Lipinski definition) is 4. The number of aliphatic imine (C=N–C) groups is 1. The van der Waals surface area contributed by atoms with Crippen molar-refractivity contribution in [2.24, 2.45) is 10.9 Å². The molecule has 3 atom stereocenters. The monoisotopic (exact) mass is 470 g/mol. The van der Waals surface area contributed by atoms with E-state index in [0.29, 0.717) is 16.0 Å². The number of rotatable bonds is 4. The molecular weight excluding hydrogens is 444 g/mol. The van der Waals surface area contributed by atoms with Gasteiger partial charge in [0.2, 0.25) is 5.91 Å². The predicted octanol–water partition coefficient (Wildman–Crippen LogP) is 4.23. The Morgan fingerprint density at radius 2 is 1.94 bits per heavy atom. The van der Waals surface area contributed by atoms with Crippen LogP contribution in [0.1, 0.15) is 23.6 Å². The minimum absolute atomic E-state index is 0.0618. The summed E-state index contributed by atoms with van der Waals surface area (Å²) >= 11 is 7.55. The minimum atomic E-state index is -0.243. The van der Waals surface area contributed by atoms with E-state index in [0.717, 1.165) is 22.5 Å². The number of hydrazine groups is 1. The van der Waals surface area contributed by atoms with E-state index in [-0.39, 0.29) is 29.8 Å². The Hall–Kier alpha value is -2.39. The van der Waals surface area contributed by atoms with Gasteiger partial charge < -0.3 is 5.32 Å². The molecule has 0 aliphatic carbocycles. The van der Waals surface area contributed by atoms with Crippen LogP contribution in [0.2, 0.25) is 5.02 Å². The van der Waals surface area contributed by atoms with Crippen LogP contribution >= 0.6 is 23.4 Å². The molecule has 0 bridgehead atoms. The summed E-state index contributed by atoms with van der Waals surface area (Å²) in [7, 11) is 0. The molecule has 0 spiro atoms. The molecule has 7 nitrogen and oxygen atoms in total. The minimum Gasteiger partial charge on any atom is -0.325 e. The van der Waals surface area contributed by atoms with Crippen molar-refractivity contribution >= 4 is 51.6 Å². The Morgan fingerprint density at radius 1 is 1.16 bits per heavy atom. The van der Waals surface area contributed by atoms with Crippen LogP contribution < -0.4 is 21.1 Å². The third-order valence-corrected chi connectivity index (χ3v) is 7.23. The standard InChI is InChI=1S/C23H27ClN6OS/c1-12-5-6-16(9-13(12)2)26-19(31)11-32-23-27-22-20(15(4)28-29-22)21(25)30(23)17-7-8-18(24)14(3)10-17/h5-10,15,20,22,25,28-29H,11H2,1-4H3,(H,26,31). The summed E-state index contributed by atoms with van der Waals surface area (Å²) in [4.78, 5) is 19.3. The summed E-state index contributed by atoms with van der Waals surface area (Å²) in [6.07, 6.45) is -0.243. The second-order valence-corrected chi connectivity index (χ2v) is 9.60. The van der Waals surface area contributed by atoms with Crippen molar-refractivity contribution in [2.75, 3.05) is 16.0 Å². The molecule has 2 heterocycles. The van der Waals surface area contributed by atoms with E-state index in [9.17, 15) is 4.79 Å². The molecule has 1 amide bonds. The van der Waals surface area contributed by atoms with Crippen LogP contribution in [0.3, 0.4) is 0 Å². The van der Waals surface area contributed by atoms with E-state index in [1.807, 2.05) is 69.0 Å². The number of nitrogens with zero attached hydrogens (tertiary/aromatic N) is 2. The molecule has 2 aliphatic heterocycles. The van der Waals surface area contributed by atoms with Crippen LogP contribution in [0.25, 0.3) is 0 Å². The number of carbonyl (C=O) groups excluding carboxylic acids is 1.